The molecule has 0 saturated heterocycles. The van der Waals surface area contributed by atoms with E-state index in [1.807, 2.05) is 32.9 Å². The largest absolute Gasteiger partial charge is 0.507 e. The Kier molecular flexibility index (Phi) is 3.62. The fraction of sp³-hybridized carbons (Fsp3) is 0.385. The quantitative estimate of drug-likeness (QED) is 0.771. The van der Waals surface area contributed by atoms with E-state index in [1.54, 1.807) is 0 Å². The molecule has 1 atom stereocenters. The molecule has 5 heteroatoms. The van der Waals surface area contributed by atoms with E-state index in [4.69, 9.17) is 0 Å². The second kappa shape index (κ2) is 5.18. The number of hydrogen-bond acceptors (Lipinski definition) is 4. The van der Waals surface area contributed by atoms with Crippen LogP contribution in [0.1, 0.15) is 35.5 Å². The number of rotatable bonds is 4. The van der Waals surface area contributed by atoms with Crippen LogP contribution in [0.25, 0.3) is 0 Å². The Morgan fingerprint density at radius 3 is 2.56 bits per heavy atom. The van der Waals surface area contributed by atoms with Crippen molar-refractivity contribution in [3.8, 4) is 5.75 Å². The molecule has 1 unspecified atom stereocenters. The Balaban J connectivity index is 2.02. The highest BCUT2D eigenvalue weighted by Gasteiger charge is 2.08. The summed E-state index contributed by atoms with van der Waals surface area (Å²) in [4.78, 5) is 4.11. The van der Waals surface area contributed by atoms with Crippen molar-refractivity contribution in [2.45, 2.75) is 33.4 Å². The van der Waals surface area contributed by atoms with Crippen LogP contribution in [0.5, 0.6) is 5.75 Å². The van der Waals surface area contributed by atoms with Gasteiger partial charge in [0.2, 0.25) is 0 Å². The van der Waals surface area contributed by atoms with Crippen LogP contribution in [0.4, 0.5) is 0 Å². The predicted octanol–water partition coefficient (Wildman–Crippen LogP) is 1.98. The molecular weight excluding hydrogens is 228 g/mol. The SMILES string of the molecule is Cc1cc(CNC(C)c2ncn[nH]2)cc(C)c1O. The maximum absolute atomic E-state index is 9.71. The number of nitrogens with one attached hydrogen (secondary N) is 2. The van der Waals surface area contributed by atoms with Gasteiger partial charge in [-0.2, -0.15) is 5.10 Å². The molecule has 1 aromatic heterocycles. The van der Waals surface area contributed by atoms with Gasteiger partial charge in [-0.15, -0.1) is 0 Å². The number of H-pyrrole nitrogens is 1. The lowest BCUT2D eigenvalue weighted by molar-refractivity contribution is 0.466. The number of benzene rings is 1. The topological polar surface area (TPSA) is 73.8 Å². The van der Waals surface area contributed by atoms with Crippen LogP contribution in [0.15, 0.2) is 18.5 Å². The summed E-state index contributed by atoms with van der Waals surface area (Å²) < 4.78 is 0. The number of aromatic nitrogens is 3. The Morgan fingerprint density at radius 2 is 2.00 bits per heavy atom. The average molecular weight is 246 g/mol. The van der Waals surface area contributed by atoms with Gasteiger partial charge in [0.25, 0.3) is 0 Å². The number of phenols is 1. The molecule has 0 aliphatic rings. The van der Waals surface area contributed by atoms with Crippen molar-refractivity contribution in [2.24, 2.45) is 0 Å². The molecule has 0 spiro atoms. The molecule has 0 aliphatic heterocycles. The number of aromatic hydroxyl groups is 1. The molecule has 0 saturated carbocycles. The van der Waals surface area contributed by atoms with Gasteiger partial charge in [-0.3, -0.25) is 5.10 Å². The van der Waals surface area contributed by atoms with Crippen LogP contribution >= 0.6 is 0 Å². The van der Waals surface area contributed by atoms with Crippen molar-refractivity contribution in [3.05, 3.63) is 41.0 Å². The number of aromatic amines is 1. The molecule has 0 bridgehead atoms. The summed E-state index contributed by atoms with van der Waals surface area (Å²) in [6, 6.07) is 4.09. The highest BCUT2D eigenvalue weighted by atomic mass is 16.3. The molecule has 2 aromatic rings. The van der Waals surface area contributed by atoms with Crippen LogP contribution in [0.3, 0.4) is 0 Å². The lowest BCUT2D eigenvalue weighted by atomic mass is 10.1. The van der Waals surface area contributed by atoms with E-state index < -0.39 is 0 Å². The first kappa shape index (κ1) is 12.6. The zero-order chi connectivity index (χ0) is 13.1. The number of aryl methyl sites for hydroxylation is 2. The number of hydrogen-bond donors (Lipinski definition) is 3. The fourth-order valence-corrected chi connectivity index (χ4v) is 1.94. The minimum absolute atomic E-state index is 0.113. The van der Waals surface area contributed by atoms with Crippen molar-refractivity contribution < 1.29 is 5.11 Å². The van der Waals surface area contributed by atoms with E-state index >= 15 is 0 Å². The predicted molar refractivity (Wildman–Crippen MR) is 69.2 cm³/mol. The lowest BCUT2D eigenvalue weighted by Crippen LogP contribution is -2.19. The molecule has 0 fully saturated rings. The maximum Gasteiger partial charge on any atom is 0.141 e. The normalized spacial score (nSPS) is 12.6. The van der Waals surface area contributed by atoms with Crippen molar-refractivity contribution in [3.63, 3.8) is 0 Å². The first-order valence-corrected chi connectivity index (χ1v) is 5.95. The first-order valence-electron chi connectivity index (χ1n) is 5.95. The summed E-state index contributed by atoms with van der Waals surface area (Å²) >= 11 is 0. The molecule has 96 valence electrons. The van der Waals surface area contributed by atoms with E-state index in [2.05, 4.69) is 20.5 Å². The number of nitrogens with zero attached hydrogens (tertiary/aromatic N) is 2. The van der Waals surface area contributed by atoms with E-state index in [-0.39, 0.29) is 6.04 Å². The minimum Gasteiger partial charge on any atom is -0.507 e. The van der Waals surface area contributed by atoms with Crippen molar-refractivity contribution in [1.82, 2.24) is 20.5 Å². The summed E-state index contributed by atoms with van der Waals surface area (Å²) in [7, 11) is 0. The van der Waals surface area contributed by atoms with Gasteiger partial charge in [-0.25, -0.2) is 4.98 Å². The maximum atomic E-state index is 9.71. The average Bonchev–Trinajstić information content (AvgIpc) is 2.86. The third-order valence-corrected chi connectivity index (χ3v) is 3.01. The van der Waals surface area contributed by atoms with Gasteiger partial charge in [0.1, 0.15) is 17.9 Å². The molecule has 18 heavy (non-hydrogen) atoms. The van der Waals surface area contributed by atoms with Gasteiger partial charge in [-0.1, -0.05) is 12.1 Å². The van der Waals surface area contributed by atoms with Gasteiger partial charge < -0.3 is 10.4 Å². The van der Waals surface area contributed by atoms with Gasteiger partial charge >= 0.3 is 0 Å². The smallest absolute Gasteiger partial charge is 0.141 e. The summed E-state index contributed by atoms with van der Waals surface area (Å²) in [5.41, 5.74) is 2.95. The molecule has 0 amide bonds. The zero-order valence-corrected chi connectivity index (χ0v) is 10.9. The Morgan fingerprint density at radius 1 is 1.33 bits per heavy atom. The molecule has 1 heterocycles. The van der Waals surface area contributed by atoms with Gasteiger partial charge in [-0.05, 0) is 37.5 Å². The summed E-state index contributed by atoms with van der Waals surface area (Å²) in [6.45, 7) is 6.57. The molecule has 0 radical (unpaired) electrons. The molecule has 1 aromatic carbocycles. The van der Waals surface area contributed by atoms with Gasteiger partial charge in [0.05, 0.1) is 6.04 Å². The van der Waals surface area contributed by atoms with Crippen LogP contribution in [-0.2, 0) is 6.54 Å². The molecule has 3 N–H and O–H groups in total. The molecule has 2 rings (SSSR count). The summed E-state index contributed by atoms with van der Waals surface area (Å²) in [6.07, 6.45) is 1.50. The van der Waals surface area contributed by atoms with Crippen LogP contribution in [-0.4, -0.2) is 20.3 Å². The Labute approximate surface area is 106 Å². The third kappa shape index (κ3) is 2.68. The van der Waals surface area contributed by atoms with Gasteiger partial charge in [0.15, 0.2) is 0 Å². The molecule has 0 aliphatic carbocycles. The monoisotopic (exact) mass is 246 g/mol. The van der Waals surface area contributed by atoms with Crippen LogP contribution in [0, 0.1) is 13.8 Å². The second-order valence-corrected chi connectivity index (χ2v) is 4.55. The van der Waals surface area contributed by atoms with Gasteiger partial charge in [0, 0.05) is 6.54 Å². The molecular formula is C13H18N4O. The number of phenolic OH excluding ortho intramolecular Hbond substituents is 1. The van der Waals surface area contributed by atoms with Crippen molar-refractivity contribution in [1.29, 1.82) is 0 Å². The third-order valence-electron chi connectivity index (χ3n) is 3.01. The summed E-state index contributed by atoms with van der Waals surface area (Å²) in [5.74, 6) is 1.20. The molecule has 5 nitrogen and oxygen atoms in total. The Bertz CT molecular complexity index is 499. The van der Waals surface area contributed by atoms with Crippen molar-refractivity contribution >= 4 is 0 Å². The highest BCUT2D eigenvalue weighted by Crippen LogP contribution is 2.23. The van der Waals surface area contributed by atoms with E-state index in [0.29, 0.717) is 5.75 Å². The van der Waals surface area contributed by atoms with E-state index in [1.165, 1.54) is 6.33 Å². The van der Waals surface area contributed by atoms with Crippen molar-refractivity contribution in [2.75, 3.05) is 0 Å². The lowest BCUT2D eigenvalue weighted by Gasteiger charge is -2.12. The van der Waals surface area contributed by atoms with E-state index in [0.717, 1.165) is 29.1 Å². The first-order chi connectivity index (χ1) is 8.58. The van der Waals surface area contributed by atoms with E-state index in [9.17, 15) is 5.11 Å². The minimum atomic E-state index is 0.113. The summed E-state index contributed by atoms with van der Waals surface area (Å²) in [5, 5.41) is 19.7. The fourth-order valence-electron chi connectivity index (χ4n) is 1.94. The highest BCUT2D eigenvalue weighted by molar-refractivity contribution is 5.42. The second-order valence-electron chi connectivity index (χ2n) is 4.55. The zero-order valence-electron chi connectivity index (χ0n) is 10.9. The van der Waals surface area contributed by atoms with Crippen LogP contribution < -0.4 is 5.32 Å². The Hall–Kier alpha value is -1.88. The van der Waals surface area contributed by atoms with Crippen LogP contribution in [0.2, 0.25) is 0 Å². The standard InChI is InChI=1S/C13H18N4O/c1-8-4-11(5-9(2)12(8)18)6-14-10(3)13-15-7-16-17-13/h4-5,7,10,14,18H,6H2,1-3H3,(H,15,16,17).